The first-order valence-corrected chi connectivity index (χ1v) is 7.96. The number of carbonyl (C=O) groups is 1. The van der Waals surface area contributed by atoms with Crippen LogP contribution < -0.4 is 14.4 Å². The molecule has 0 N–H and O–H groups in total. The summed E-state index contributed by atoms with van der Waals surface area (Å²) in [6.45, 7) is 3.62. The van der Waals surface area contributed by atoms with Gasteiger partial charge in [-0.3, -0.25) is 9.48 Å². The summed E-state index contributed by atoms with van der Waals surface area (Å²) in [6.07, 6.45) is -4.50. The average molecular weight is 369 g/mol. The molecule has 0 radical (unpaired) electrons. The minimum atomic E-state index is -4.50. The third kappa shape index (κ3) is 3.33. The Bertz CT molecular complexity index is 846. The van der Waals surface area contributed by atoms with Crippen LogP contribution in [0.3, 0.4) is 0 Å². The number of carbonyl (C=O) groups excluding carboxylic acids is 1. The molecule has 1 aromatic carbocycles. The maximum atomic E-state index is 13.0. The van der Waals surface area contributed by atoms with Crippen LogP contribution in [-0.4, -0.2) is 35.4 Å². The molecule has 140 valence electrons. The molecule has 0 unspecified atom stereocenters. The summed E-state index contributed by atoms with van der Waals surface area (Å²) >= 11 is 0. The zero-order valence-electron chi connectivity index (χ0n) is 14.6. The Morgan fingerprint density at radius 3 is 2.69 bits per heavy atom. The van der Waals surface area contributed by atoms with Crippen molar-refractivity contribution in [2.75, 3.05) is 24.7 Å². The van der Waals surface area contributed by atoms with Gasteiger partial charge < -0.3 is 14.4 Å². The molecule has 0 aliphatic carbocycles. The number of amides is 1. The van der Waals surface area contributed by atoms with Gasteiger partial charge in [-0.05, 0) is 32.0 Å². The lowest BCUT2D eigenvalue weighted by Crippen LogP contribution is -2.40. The fraction of sp³-hybridized carbons (Fsp3) is 0.412. The number of anilines is 1. The Balaban J connectivity index is 1.81. The van der Waals surface area contributed by atoms with Gasteiger partial charge in [0.15, 0.2) is 12.4 Å². The molecule has 26 heavy (non-hydrogen) atoms. The SMILES string of the molecule is Cc1nn(C)c(C)c1OCC(=O)N1CCOc2ccc(C(F)(F)F)cc21. The smallest absolute Gasteiger partial charge is 0.416 e. The van der Waals surface area contributed by atoms with Gasteiger partial charge in [0.1, 0.15) is 18.1 Å². The highest BCUT2D eigenvalue weighted by Crippen LogP contribution is 2.38. The summed E-state index contributed by atoms with van der Waals surface area (Å²) in [6, 6.07) is 3.09. The fourth-order valence-electron chi connectivity index (χ4n) is 2.83. The molecule has 1 aliphatic rings. The maximum Gasteiger partial charge on any atom is 0.416 e. The molecule has 6 nitrogen and oxygen atoms in total. The Hall–Kier alpha value is -2.71. The number of alkyl halides is 3. The summed E-state index contributed by atoms with van der Waals surface area (Å²) in [5, 5.41) is 4.20. The second kappa shape index (κ2) is 6.54. The molecular formula is C17H18F3N3O3. The molecule has 0 fully saturated rings. The second-order valence-electron chi connectivity index (χ2n) is 5.99. The summed E-state index contributed by atoms with van der Waals surface area (Å²) in [5.74, 6) is 0.293. The van der Waals surface area contributed by atoms with Crippen LogP contribution in [0.25, 0.3) is 0 Å². The Kier molecular flexibility index (Phi) is 4.55. The lowest BCUT2D eigenvalue weighted by atomic mass is 10.1. The predicted octanol–water partition coefficient (Wildman–Crippen LogP) is 2.86. The Morgan fingerprint density at radius 1 is 1.35 bits per heavy atom. The number of aryl methyl sites for hydroxylation is 2. The van der Waals surface area contributed by atoms with E-state index in [1.165, 1.54) is 11.0 Å². The van der Waals surface area contributed by atoms with Gasteiger partial charge in [0.25, 0.3) is 5.91 Å². The first-order valence-electron chi connectivity index (χ1n) is 7.96. The van der Waals surface area contributed by atoms with Crippen LogP contribution in [-0.2, 0) is 18.0 Å². The average Bonchev–Trinajstić information content (AvgIpc) is 2.83. The number of aromatic nitrogens is 2. The van der Waals surface area contributed by atoms with Gasteiger partial charge in [-0.1, -0.05) is 0 Å². The molecule has 3 rings (SSSR count). The standard InChI is InChI=1S/C17H18F3N3O3/c1-10-16(11(2)22(3)21-10)26-9-15(24)23-6-7-25-14-5-4-12(8-13(14)23)17(18,19)20/h4-5,8H,6-7,9H2,1-3H3. The van der Waals surface area contributed by atoms with Crippen molar-refractivity contribution in [1.29, 1.82) is 0 Å². The van der Waals surface area contributed by atoms with Gasteiger partial charge >= 0.3 is 6.18 Å². The van der Waals surface area contributed by atoms with E-state index in [1.807, 2.05) is 0 Å². The Labute approximate surface area is 148 Å². The van der Waals surface area contributed by atoms with Crippen LogP contribution in [0, 0.1) is 13.8 Å². The highest BCUT2D eigenvalue weighted by Gasteiger charge is 2.33. The first kappa shape index (κ1) is 18.1. The summed E-state index contributed by atoms with van der Waals surface area (Å²) in [4.78, 5) is 13.8. The highest BCUT2D eigenvalue weighted by atomic mass is 19.4. The normalized spacial score (nSPS) is 14.0. The van der Waals surface area contributed by atoms with E-state index in [-0.39, 0.29) is 31.2 Å². The molecule has 1 amide bonds. The van der Waals surface area contributed by atoms with Crippen LogP contribution in [0.15, 0.2) is 18.2 Å². The molecule has 1 aromatic heterocycles. The van der Waals surface area contributed by atoms with E-state index in [4.69, 9.17) is 9.47 Å². The molecular weight excluding hydrogens is 351 g/mol. The van der Waals surface area contributed by atoms with Crippen molar-refractivity contribution in [1.82, 2.24) is 9.78 Å². The number of hydrogen-bond acceptors (Lipinski definition) is 4. The number of fused-ring (bicyclic) bond motifs is 1. The topological polar surface area (TPSA) is 56.6 Å². The van der Waals surface area contributed by atoms with Gasteiger partial charge in [0.05, 0.1) is 23.5 Å². The number of ether oxygens (including phenoxy) is 2. The molecule has 9 heteroatoms. The number of benzene rings is 1. The lowest BCUT2D eigenvalue weighted by molar-refractivity contribution is -0.137. The second-order valence-corrected chi connectivity index (χ2v) is 5.99. The van der Waals surface area contributed by atoms with Gasteiger partial charge in [-0.2, -0.15) is 18.3 Å². The Morgan fingerprint density at radius 2 is 2.08 bits per heavy atom. The molecule has 0 atom stereocenters. The summed E-state index contributed by atoms with van der Waals surface area (Å²) in [7, 11) is 1.76. The zero-order chi connectivity index (χ0) is 19.1. The largest absolute Gasteiger partial charge is 0.490 e. The molecule has 2 heterocycles. The lowest BCUT2D eigenvalue weighted by Gasteiger charge is -2.30. The third-order valence-electron chi connectivity index (χ3n) is 4.23. The van der Waals surface area contributed by atoms with Gasteiger partial charge in [0.2, 0.25) is 0 Å². The molecule has 2 aromatic rings. The van der Waals surface area contributed by atoms with Gasteiger partial charge in [-0.25, -0.2) is 0 Å². The van der Waals surface area contributed by atoms with Crippen molar-refractivity contribution >= 4 is 11.6 Å². The van der Waals surface area contributed by atoms with Crippen LogP contribution in [0.5, 0.6) is 11.5 Å². The minimum absolute atomic E-state index is 0.0966. The number of nitrogens with zero attached hydrogens (tertiary/aromatic N) is 3. The van der Waals surface area contributed by atoms with Gasteiger partial charge in [-0.15, -0.1) is 0 Å². The molecule has 0 spiro atoms. The maximum absolute atomic E-state index is 13.0. The van der Waals surface area contributed by atoms with Crippen molar-refractivity contribution in [2.24, 2.45) is 7.05 Å². The monoisotopic (exact) mass is 369 g/mol. The van der Waals surface area contributed by atoms with E-state index in [0.29, 0.717) is 11.4 Å². The van der Waals surface area contributed by atoms with E-state index in [9.17, 15) is 18.0 Å². The van der Waals surface area contributed by atoms with Crippen LogP contribution in [0.4, 0.5) is 18.9 Å². The minimum Gasteiger partial charge on any atom is -0.490 e. The van der Waals surface area contributed by atoms with Crippen LogP contribution >= 0.6 is 0 Å². The van der Waals surface area contributed by atoms with Gasteiger partial charge in [0, 0.05) is 7.05 Å². The molecule has 0 saturated carbocycles. The van der Waals surface area contributed by atoms with Crippen molar-refractivity contribution in [3.05, 3.63) is 35.2 Å². The first-order chi connectivity index (χ1) is 12.2. The van der Waals surface area contributed by atoms with Crippen LogP contribution in [0.2, 0.25) is 0 Å². The molecule has 1 aliphatic heterocycles. The van der Waals surface area contributed by atoms with Crippen molar-refractivity contribution in [3.8, 4) is 11.5 Å². The summed E-state index contributed by atoms with van der Waals surface area (Å²) < 4.78 is 51.5. The fourth-order valence-corrected chi connectivity index (χ4v) is 2.83. The third-order valence-corrected chi connectivity index (χ3v) is 4.23. The number of hydrogen-bond donors (Lipinski definition) is 0. The molecule has 0 bridgehead atoms. The molecule has 0 saturated heterocycles. The van der Waals surface area contributed by atoms with E-state index >= 15 is 0 Å². The van der Waals surface area contributed by atoms with E-state index in [2.05, 4.69) is 5.10 Å². The van der Waals surface area contributed by atoms with E-state index in [0.717, 1.165) is 17.8 Å². The zero-order valence-corrected chi connectivity index (χ0v) is 14.6. The van der Waals surface area contributed by atoms with E-state index in [1.54, 1.807) is 25.6 Å². The van der Waals surface area contributed by atoms with Crippen molar-refractivity contribution in [3.63, 3.8) is 0 Å². The number of rotatable bonds is 3. The van der Waals surface area contributed by atoms with Crippen LogP contribution in [0.1, 0.15) is 17.0 Å². The quantitative estimate of drug-likeness (QED) is 0.835. The van der Waals surface area contributed by atoms with Crippen molar-refractivity contribution < 1.29 is 27.4 Å². The number of halogens is 3. The summed E-state index contributed by atoms with van der Waals surface area (Å²) in [5.41, 5.74) is 0.662. The van der Waals surface area contributed by atoms with Crippen molar-refractivity contribution in [2.45, 2.75) is 20.0 Å². The predicted molar refractivity (Wildman–Crippen MR) is 87.5 cm³/mol. The van der Waals surface area contributed by atoms with E-state index < -0.39 is 17.6 Å². The highest BCUT2D eigenvalue weighted by molar-refractivity contribution is 5.96.